The van der Waals surface area contributed by atoms with Crippen molar-refractivity contribution in [2.24, 2.45) is 11.8 Å². The molecule has 0 heterocycles. The minimum absolute atomic E-state index is 0.317. The second kappa shape index (κ2) is 7.91. The number of carbonyl (C=O) groups is 2. The predicted octanol–water partition coefficient (Wildman–Crippen LogP) is 2.54. The van der Waals surface area contributed by atoms with E-state index in [0.29, 0.717) is 12.8 Å². The molecule has 0 saturated carbocycles. The van der Waals surface area contributed by atoms with Gasteiger partial charge in [-0.1, -0.05) is 26.0 Å². The number of hydrogen-bond acceptors (Lipinski definition) is 2. The molecule has 0 aliphatic rings. The Morgan fingerprint density at radius 2 is 1.25 bits per heavy atom. The van der Waals surface area contributed by atoms with Crippen LogP contribution in [0.25, 0.3) is 0 Å². The van der Waals surface area contributed by atoms with E-state index in [1.807, 2.05) is 12.2 Å². The van der Waals surface area contributed by atoms with Gasteiger partial charge in [-0.15, -0.1) is 0 Å². The van der Waals surface area contributed by atoms with Crippen molar-refractivity contribution in [2.75, 3.05) is 0 Å². The van der Waals surface area contributed by atoms with Crippen LogP contribution in [0, 0.1) is 11.8 Å². The first-order chi connectivity index (χ1) is 7.45. The Kier molecular flexibility index (Phi) is 7.25. The van der Waals surface area contributed by atoms with Gasteiger partial charge in [0.2, 0.25) is 0 Å². The molecule has 0 spiro atoms. The summed E-state index contributed by atoms with van der Waals surface area (Å²) in [6, 6.07) is 0. The van der Waals surface area contributed by atoms with Gasteiger partial charge in [-0.2, -0.15) is 0 Å². The Balaban J connectivity index is 3.56. The molecule has 92 valence electrons. The number of allylic oxidation sites excluding steroid dienone is 2. The van der Waals surface area contributed by atoms with Crippen LogP contribution in [0.1, 0.15) is 39.5 Å². The smallest absolute Gasteiger partial charge is 0.306 e. The number of carboxylic acid groups (broad SMARTS) is 2. The molecule has 0 aliphatic carbocycles. The SMILES string of the molecule is CC(CC/C=C/CCC(C)C(=O)O)C(=O)O. The molecule has 16 heavy (non-hydrogen) atoms. The van der Waals surface area contributed by atoms with Crippen LogP contribution in [-0.2, 0) is 9.59 Å². The largest absolute Gasteiger partial charge is 0.481 e. The van der Waals surface area contributed by atoms with Gasteiger partial charge in [0.15, 0.2) is 0 Å². The molecular weight excluding hydrogens is 208 g/mol. The summed E-state index contributed by atoms with van der Waals surface area (Å²) in [5.41, 5.74) is 0. The minimum atomic E-state index is -0.770. The van der Waals surface area contributed by atoms with E-state index in [4.69, 9.17) is 10.2 Å². The monoisotopic (exact) mass is 228 g/mol. The van der Waals surface area contributed by atoms with Gasteiger partial charge in [0.05, 0.1) is 11.8 Å². The molecule has 0 radical (unpaired) electrons. The molecule has 0 aliphatic heterocycles. The first-order valence-electron chi connectivity index (χ1n) is 5.55. The second-order valence-electron chi connectivity index (χ2n) is 4.10. The highest BCUT2D eigenvalue weighted by atomic mass is 16.4. The maximum absolute atomic E-state index is 10.5. The summed E-state index contributed by atoms with van der Waals surface area (Å²) in [5.74, 6) is -2.18. The third-order valence-electron chi connectivity index (χ3n) is 2.54. The van der Waals surface area contributed by atoms with E-state index >= 15 is 0 Å². The van der Waals surface area contributed by atoms with E-state index in [1.165, 1.54) is 0 Å². The number of hydrogen-bond donors (Lipinski definition) is 2. The Morgan fingerprint density at radius 1 is 0.938 bits per heavy atom. The van der Waals surface area contributed by atoms with Crippen molar-refractivity contribution >= 4 is 11.9 Å². The topological polar surface area (TPSA) is 74.6 Å². The van der Waals surface area contributed by atoms with Crippen molar-refractivity contribution in [2.45, 2.75) is 39.5 Å². The zero-order valence-corrected chi connectivity index (χ0v) is 9.85. The van der Waals surface area contributed by atoms with Crippen LogP contribution in [0.4, 0.5) is 0 Å². The van der Waals surface area contributed by atoms with Gasteiger partial charge < -0.3 is 10.2 Å². The zero-order chi connectivity index (χ0) is 12.6. The number of aliphatic carboxylic acids is 2. The van der Waals surface area contributed by atoms with Gasteiger partial charge in [0.25, 0.3) is 0 Å². The molecule has 0 fully saturated rings. The van der Waals surface area contributed by atoms with Crippen molar-refractivity contribution < 1.29 is 19.8 Å². The second-order valence-corrected chi connectivity index (χ2v) is 4.10. The van der Waals surface area contributed by atoms with Crippen molar-refractivity contribution in [3.63, 3.8) is 0 Å². The van der Waals surface area contributed by atoms with Gasteiger partial charge in [-0.05, 0) is 25.7 Å². The number of carboxylic acids is 2. The molecule has 0 bridgehead atoms. The summed E-state index contributed by atoms with van der Waals surface area (Å²) in [4.78, 5) is 21.0. The van der Waals surface area contributed by atoms with E-state index < -0.39 is 11.9 Å². The fourth-order valence-corrected chi connectivity index (χ4v) is 1.18. The predicted molar refractivity (Wildman–Crippen MR) is 61.2 cm³/mol. The Labute approximate surface area is 96.0 Å². The highest BCUT2D eigenvalue weighted by Crippen LogP contribution is 2.09. The fourth-order valence-electron chi connectivity index (χ4n) is 1.18. The molecule has 4 heteroatoms. The Morgan fingerprint density at radius 3 is 1.50 bits per heavy atom. The average molecular weight is 228 g/mol. The van der Waals surface area contributed by atoms with Gasteiger partial charge in [-0.25, -0.2) is 0 Å². The molecule has 2 atom stereocenters. The normalized spacial score (nSPS) is 14.9. The first kappa shape index (κ1) is 14.7. The Bertz CT molecular complexity index is 232. The lowest BCUT2D eigenvalue weighted by Gasteiger charge is -2.03. The highest BCUT2D eigenvalue weighted by Gasteiger charge is 2.09. The fraction of sp³-hybridized carbons (Fsp3) is 0.667. The molecular formula is C12H20O4. The summed E-state index contributed by atoms with van der Waals surface area (Å²) in [5, 5.41) is 17.3. The lowest BCUT2D eigenvalue weighted by Crippen LogP contribution is -2.08. The highest BCUT2D eigenvalue weighted by molar-refractivity contribution is 5.69. The molecule has 0 rings (SSSR count). The van der Waals surface area contributed by atoms with Gasteiger partial charge in [-0.3, -0.25) is 9.59 Å². The molecule has 0 amide bonds. The third-order valence-corrected chi connectivity index (χ3v) is 2.54. The number of rotatable bonds is 8. The summed E-state index contributed by atoms with van der Waals surface area (Å²) in [6.45, 7) is 3.37. The van der Waals surface area contributed by atoms with Crippen molar-refractivity contribution in [1.29, 1.82) is 0 Å². The molecule has 4 nitrogen and oxygen atoms in total. The molecule has 0 aromatic heterocycles. The summed E-state index contributed by atoms with van der Waals surface area (Å²) in [6.07, 6.45) is 6.56. The zero-order valence-electron chi connectivity index (χ0n) is 9.85. The lowest BCUT2D eigenvalue weighted by molar-refractivity contribution is -0.142. The van der Waals surface area contributed by atoms with Crippen molar-refractivity contribution in [1.82, 2.24) is 0 Å². The van der Waals surface area contributed by atoms with Crippen LogP contribution in [0.2, 0.25) is 0 Å². The molecule has 2 unspecified atom stereocenters. The van der Waals surface area contributed by atoms with Crippen molar-refractivity contribution in [3.05, 3.63) is 12.2 Å². The van der Waals surface area contributed by atoms with Crippen LogP contribution >= 0.6 is 0 Å². The molecule has 2 N–H and O–H groups in total. The van der Waals surface area contributed by atoms with E-state index in [2.05, 4.69) is 0 Å². The first-order valence-corrected chi connectivity index (χ1v) is 5.55. The summed E-state index contributed by atoms with van der Waals surface area (Å²) < 4.78 is 0. The van der Waals surface area contributed by atoms with Crippen molar-refractivity contribution in [3.8, 4) is 0 Å². The van der Waals surface area contributed by atoms with Crippen LogP contribution in [0.15, 0.2) is 12.2 Å². The van der Waals surface area contributed by atoms with E-state index in [-0.39, 0.29) is 11.8 Å². The lowest BCUT2D eigenvalue weighted by atomic mass is 10.0. The van der Waals surface area contributed by atoms with E-state index in [1.54, 1.807) is 13.8 Å². The minimum Gasteiger partial charge on any atom is -0.481 e. The van der Waals surface area contributed by atoms with Gasteiger partial charge >= 0.3 is 11.9 Å². The Hall–Kier alpha value is -1.32. The van der Waals surface area contributed by atoms with E-state index in [0.717, 1.165) is 12.8 Å². The summed E-state index contributed by atoms with van der Waals surface area (Å²) in [7, 11) is 0. The quantitative estimate of drug-likeness (QED) is 0.626. The van der Waals surface area contributed by atoms with Crippen LogP contribution < -0.4 is 0 Å². The van der Waals surface area contributed by atoms with Gasteiger partial charge in [0.1, 0.15) is 0 Å². The standard InChI is InChI=1S/C12H20O4/c1-9(11(13)14)7-5-3-4-6-8-10(2)12(15)16/h3-4,9-10H,5-8H2,1-2H3,(H,13,14)(H,15,16)/b4-3+. The van der Waals surface area contributed by atoms with Crippen LogP contribution in [0.5, 0.6) is 0 Å². The van der Waals surface area contributed by atoms with Gasteiger partial charge in [0, 0.05) is 0 Å². The van der Waals surface area contributed by atoms with E-state index in [9.17, 15) is 9.59 Å². The maximum atomic E-state index is 10.5. The molecule has 0 aromatic carbocycles. The maximum Gasteiger partial charge on any atom is 0.306 e. The average Bonchev–Trinajstić information content (AvgIpc) is 2.21. The van der Waals surface area contributed by atoms with Crippen LogP contribution in [0.3, 0.4) is 0 Å². The van der Waals surface area contributed by atoms with Crippen LogP contribution in [-0.4, -0.2) is 22.2 Å². The summed E-state index contributed by atoms with van der Waals surface area (Å²) >= 11 is 0. The third kappa shape index (κ3) is 7.04. The molecule has 0 saturated heterocycles. The molecule has 0 aromatic rings.